The fourth-order valence-corrected chi connectivity index (χ4v) is 3.61. The Bertz CT molecular complexity index is 390. The lowest BCUT2D eigenvalue weighted by molar-refractivity contribution is 0.0571. The number of nitrogens with two attached hydrogens (primary N) is 1. The lowest BCUT2D eigenvalue weighted by Crippen LogP contribution is -2.42. The van der Waals surface area contributed by atoms with Gasteiger partial charge in [-0.1, -0.05) is 17.7 Å². The van der Waals surface area contributed by atoms with Crippen LogP contribution in [0.1, 0.15) is 22.3 Å². The minimum absolute atomic E-state index is 0.109. The predicted octanol–water partition coefficient (Wildman–Crippen LogP) is 2.61. The van der Waals surface area contributed by atoms with Crippen molar-refractivity contribution in [2.75, 3.05) is 18.1 Å². The largest absolute Gasteiger partial charge is 0.375 e. The molecule has 2 unspecified atom stereocenters. The standard InChI is InChI=1S/C15H23NOS/c1-10-6-11(2)13(12(3)7-10)8-14(16)15-9-18-5-4-17-15/h6-7,14-15H,4-5,8-9,16H2,1-3H3. The summed E-state index contributed by atoms with van der Waals surface area (Å²) in [4.78, 5) is 0. The van der Waals surface area contributed by atoms with Crippen molar-refractivity contribution in [2.45, 2.75) is 39.3 Å². The van der Waals surface area contributed by atoms with Gasteiger partial charge < -0.3 is 10.5 Å². The number of benzene rings is 1. The molecule has 1 aliphatic heterocycles. The summed E-state index contributed by atoms with van der Waals surface area (Å²) >= 11 is 1.95. The fraction of sp³-hybridized carbons (Fsp3) is 0.600. The van der Waals surface area contributed by atoms with E-state index in [9.17, 15) is 0 Å². The average molecular weight is 265 g/mol. The zero-order valence-corrected chi connectivity index (χ0v) is 12.3. The molecule has 0 saturated carbocycles. The van der Waals surface area contributed by atoms with Crippen LogP contribution in [-0.4, -0.2) is 30.3 Å². The fourth-order valence-electron chi connectivity index (χ4n) is 2.65. The molecule has 2 nitrogen and oxygen atoms in total. The van der Waals surface area contributed by atoms with Gasteiger partial charge in [-0.3, -0.25) is 0 Å². The Morgan fingerprint density at radius 1 is 1.33 bits per heavy atom. The highest BCUT2D eigenvalue weighted by atomic mass is 32.2. The highest BCUT2D eigenvalue weighted by Gasteiger charge is 2.22. The van der Waals surface area contributed by atoms with Crippen molar-refractivity contribution in [1.82, 2.24) is 0 Å². The molecule has 0 bridgehead atoms. The molecule has 0 radical (unpaired) electrons. The van der Waals surface area contributed by atoms with E-state index >= 15 is 0 Å². The molecule has 1 fully saturated rings. The van der Waals surface area contributed by atoms with Crippen molar-refractivity contribution in [3.63, 3.8) is 0 Å². The summed E-state index contributed by atoms with van der Waals surface area (Å²) < 4.78 is 5.77. The third-order valence-corrected chi connectivity index (χ3v) is 4.62. The van der Waals surface area contributed by atoms with Crippen LogP contribution in [-0.2, 0) is 11.2 Å². The minimum atomic E-state index is 0.109. The minimum Gasteiger partial charge on any atom is -0.375 e. The zero-order chi connectivity index (χ0) is 13.1. The van der Waals surface area contributed by atoms with Crippen LogP contribution >= 0.6 is 11.8 Å². The number of ether oxygens (including phenoxy) is 1. The third-order valence-electron chi connectivity index (χ3n) is 3.60. The van der Waals surface area contributed by atoms with E-state index in [0.29, 0.717) is 0 Å². The van der Waals surface area contributed by atoms with Gasteiger partial charge in [0, 0.05) is 17.5 Å². The van der Waals surface area contributed by atoms with Crippen molar-refractivity contribution in [3.05, 3.63) is 34.4 Å². The first-order valence-corrected chi connectivity index (χ1v) is 7.75. The average Bonchev–Trinajstić information content (AvgIpc) is 2.34. The van der Waals surface area contributed by atoms with Gasteiger partial charge in [-0.2, -0.15) is 11.8 Å². The first-order valence-electron chi connectivity index (χ1n) is 6.59. The van der Waals surface area contributed by atoms with Crippen LogP contribution in [0.5, 0.6) is 0 Å². The second kappa shape index (κ2) is 6.09. The van der Waals surface area contributed by atoms with E-state index in [-0.39, 0.29) is 12.1 Å². The molecule has 1 aromatic rings. The molecule has 2 atom stereocenters. The van der Waals surface area contributed by atoms with Crippen LogP contribution in [0.3, 0.4) is 0 Å². The summed E-state index contributed by atoms with van der Waals surface area (Å²) in [7, 11) is 0. The Labute approximate surface area is 114 Å². The zero-order valence-electron chi connectivity index (χ0n) is 11.5. The predicted molar refractivity (Wildman–Crippen MR) is 79.4 cm³/mol. The maximum Gasteiger partial charge on any atom is 0.0819 e. The number of hydrogen-bond donors (Lipinski definition) is 1. The third kappa shape index (κ3) is 3.28. The molecule has 0 aliphatic carbocycles. The second-order valence-corrected chi connectivity index (χ2v) is 6.38. The van der Waals surface area contributed by atoms with Crippen LogP contribution in [0.15, 0.2) is 12.1 Å². The smallest absolute Gasteiger partial charge is 0.0819 e. The molecular formula is C15H23NOS. The molecule has 2 rings (SSSR count). The van der Waals surface area contributed by atoms with E-state index in [4.69, 9.17) is 10.5 Å². The molecule has 1 heterocycles. The van der Waals surface area contributed by atoms with Crippen LogP contribution in [0.4, 0.5) is 0 Å². The summed E-state index contributed by atoms with van der Waals surface area (Å²) in [6.45, 7) is 7.34. The second-order valence-electron chi connectivity index (χ2n) is 5.23. The van der Waals surface area contributed by atoms with Gasteiger partial charge in [0.25, 0.3) is 0 Å². The Balaban J connectivity index is 2.08. The van der Waals surface area contributed by atoms with Crippen LogP contribution in [0, 0.1) is 20.8 Å². The van der Waals surface area contributed by atoms with E-state index in [2.05, 4.69) is 32.9 Å². The number of aryl methyl sites for hydroxylation is 3. The van der Waals surface area contributed by atoms with Crippen molar-refractivity contribution in [1.29, 1.82) is 0 Å². The van der Waals surface area contributed by atoms with Crippen molar-refractivity contribution in [2.24, 2.45) is 5.73 Å². The number of rotatable bonds is 3. The van der Waals surface area contributed by atoms with E-state index in [1.165, 1.54) is 22.3 Å². The number of thioether (sulfide) groups is 1. The van der Waals surface area contributed by atoms with Crippen molar-refractivity contribution in [3.8, 4) is 0 Å². The summed E-state index contributed by atoms with van der Waals surface area (Å²) in [5, 5.41) is 0. The molecule has 1 aromatic carbocycles. The first-order chi connectivity index (χ1) is 8.58. The molecule has 0 aromatic heterocycles. The van der Waals surface area contributed by atoms with E-state index in [1.807, 2.05) is 11.8 Å². The van der Waals surface area contributed by atoms with Crippen molar-refractivity contribution < 1.29 is 4.74 Å². The van der Waals surface area contributed by atoms with Gasteiger partial charge in [-0.15, -0.1) is 0 Å². The molecular weight excluding hydrogens is 242 g/mol. The molecule has 0 spiro atoms. The first kappa shape index (κ1) is 13.9. The van der Waals surface area contributed by atoms with Gasteiger partial charge in [0.2, 0.25) is 0 Å². The van der Waals surface area contributed by atoms with Crippen LogP contribution in [0.25, 0.3) is 0 Å². The van der Waals surface area contributed by atoms with Gasteiger partial charge in [-0.25, -0.2) is 0 Å². The highest BCUT2D eigenvalue weighted by molar-refractivity contribution is 7.99. The normalized spacial score (nSPS) is 21.9. The summed E-state index contributed by atoms with van der Waals surface area (Å²) in [5.41, 5.74) is 11.7. The quantitative estimate of drug-likeness (QED) is 0.912. The SMILES string of the molecule is Cc1cc(C)c(CC(N)C2CSCCO2)c(C)c1. The lowest BCUT2D eigenvalue weighted by Gasteiger charge is -2.28. The summed E-state index contributed by atoms with van der Waals surface area (Å²) in [5.74, 6) is 2.14. The Morgan fingerprint density at radius 2 is 2.00 bits per heavy atom. The monoisotopic (exact) mass is 265 g/mol. The van der Waals surface area contributed by atoms with Crippen LogP contribution in [0.2, 0.25) is 0 Å². The maximum absolute atomic E-state index is 6.32. The molecule has 0 amide bonds. The van der Waals surface area contributed by atoms with Crippen LogP contribution < -0.4 is 5.73 Å². The molecule has 2 N–H and O–H groups in total. The molecule has 3 heteroatoms. The lowest BCUT2D eigenvalue weighted by atomic mass is 9.93. The van der Waals surface area contributed by atoms with Crippen molar-refractivity contribution >= 4 is 11.8 Å². The van der Waals surface area contributed by atoms with E-state index < -0.39 is 0 Å². The van der Waals surface area contributed by atoms with E-state index in [0.717, 1.165) is 24.5 Å². The summed E-state index contributed by atoms with van der Waals surface area (Å²) in [6.07, 6.45) is 1.13. The summed E-state index contributed by atoms with van der Waals surface area (Å²) in [6, 6.07) is 4.59. The Morgan fingerprint density at radius 3 is 2.56 bits per heavy atom. The Hall–Kier alpha value is -0.510. The maximum atomic E-state index is 6.32. The molecule has 100 valence electrons. The number of hydrogen-bond acceptors (Lipinski definition) is 3. The van der Waals surface area contributed by atoms with Gasteiger partial charge in [0.15, 0.2) is 0 Å². The molecule has 1 saturated heterocycles. The topological polar surface area (TPSA) is 35.2 Å². The Kier molecular flexibility index (Phi) is 4.71. The van der Waals surface area contributed by atoms with Gasteiger partial charge in [0.1, 0.15) is 0 Å². The van der Waals surface area contributed by atoms with E-state index in [1.54, 1.807) is 0 Å². The van der Waals surface area contributed by atoms with Gasteiger partial charge in [-0.05, 0) is 43.9 Å². The highest BCUT2D eigenvalue weighted by Crippen LogP contribution is 2.21. The van der Waals surface area contributed by atoms with Gasteiger partial charge in [0.05, 0.1) is 12.7 Å². The van der Waals surface area contributed by atoms with Gasteiger partial charge >= 0.3 is 0 Å². The molecule has 1 aliphatic rings. The molecule has 18 heavy (non-hydrogen) atoms.